The van der Waals surface area contributed by atoms with E-state index in [2.05, 4.69) is 77.0 Å². The van der Waals surface area contributed by atoms with Gasteiger partial charge in [0.2, 0.25) is 0 Å². The lowest BCUT2D eigenvalue weighted by molar-refractivity contribution is 0.0829. The summed E-state index contributed by atoms with van der Waals surface area (Å²) in [6.07, 6.45) is 4.65. The second kappa shape index (κ2) is 12.5. The quantitative estimate of drug-likeness (QED) is 0.404. The van der Waals surface area contributed by atoms with Crippen LogP contribution in [0.2, 0.25) is 0 Å². The lowest BCUT2D eigenvalue weighted by atomic mass is 9.87. The van der Waals surface area contributed by atoms with Gasteiger partial charge in [-0.05, 0) is 79.0 Å². The summed E-state index contributed by atoms with van der Waals surface area (Å²) in [5, 5.41) is 21.1. The molecule has 7 nitrogen and oxygen atoms in total. The summed E-state index contributed by atoms with van der Waals surface area (Å²) in [6.45, 7) is 10.1. The van der Waals surface area contributed by atoms with E-state index in [1.807, 2.05) is 19.2 Å². The Kier molecular flexibility index (Phi) is 9.13. The van der Waals surface area contributed by atoms with E-state index in [1.165, 1.54) is 11.1 Å². The molecule has 4 bridgehead atoms. The minimum absolute atomic E-state index is 0.0430. The number of carbonyl (C=O) groups is 1. The molecular weight excluding hydrogens is 474 g/mol. The number of carbonyl (C=O) groups excluding carboxylic acids is 1. The van der Waals surface area contributed by atoms with E-state index >= 15 is 0 Å². The highest BCUT2D eigenvalue weighted by Gasteiger charge is 2.23. The van der Waals surface area contributed by atoms with Crippen LogP contribution in [0.4, 0.5) is 5.82 Å². The predicted octanol–water partition coefficient (Wildman–Crippen LogP) is 4.32. The zero-order chi connectivity index (χ0) is 27.1. The normalized spacial score (nSPS) is 17.5. The van der Waals surface area contributed by atoms with Crippen LogP contribution in [-0.4, -0.2) is 46.2 Å². The van der Waals surface area contributed by atoms with Crippen LogP contribution < -0.4 is 16.0 Å². The van der Waals surface area contributed by atoms with Crippen molar-refractivity contribution in [2.45, 2.75) is 77.5 Å². The lowest BCUT2D eigenvalue weighted by Gasteiger charge is -2.25. The van der Waals surface area contributed by atoms with Gasteiger partial charge in [0.25, 0.3) is 5.91 Å². The van der Waals surface area contributed by atoms with Crippen LogP contribution in [0.5, 0.6) is 0 Å². The number of nitrogens with zero attached hydrogens (tertiary/aromatic N) is 2. The van der Waals surface area contributed by atoms with Crippen LogP contribution in [0, 0.1) is 6.92 Å². The van der Waals surface area contributed by atoms with E-state index in [1.54, 1.807) is 12.1 Å². The summed E-state index contributed by atoms with van der Waals surface area (Å²) in [5.74, 6) is 0.488. The first-order valence-corrected chi connectivity index (χ1v) is 13.6. The molecule has 7 heteroatoms. The highest BCUT2D eigenvalue weighted by molar-refractivity contribution is 5.95. The van der Waals surface area contributed by atoms with Crippen molar-refractivity contribution >= 4 is 11.7 Å². The molecule has 2 aromatic heterocycles. The van der Waals surface area contributed by atoms with Crippen molar-refractivity contribution in [1.29, 1.82) is 0 Å². The molecule has 0 radical (unpaired) electrons. The van der Waals surface area contributed by atoms with Gasteiger partial charge in [-0.15, -0.1) is 0 Å². The number of hydrogen-bond acceptors (Lipinski definition) is 6. The zero-order valence-corrected chi connectivity index (χ0v) is 23.1. The third-order valence-electron chi connectivity index (χ3n) is 6.98. The molecule has 4 N–H and O–H groups in total. The zero-order valence-electron chi connectivity index (χ0n) is 23.1. The first-order chi connectivity index (χ1) is 18.2. The van der Waals surface area contributed by atoms with Crippen molar-refractivity contribution in [3.63, 3.8) is 0 Å². The average Bonchev–Trinajstić information content (AvgIpc) is 2.87. The number of fused-ring (bicyclic) bond motifs is 4. The van der Waals surface area contributed by atoms with E-state index < -0.39 is 12.1 Å². The fourth-order valence-electron chi connectivity index (χ4n) is 4.79. The van der Waals surface area contributed by atoms with Gasteiger partial charge in [-0.2, -0.15) is 0 Å². The fraction of sp³-hybridized carbons (Fsp3) is 0.452. The molecule has 0 aliphatic carbocycles. The van der Waals surface area contributed by atoms with Crippen molar-refractivity contribution in [1.82, 2.24) is 20.6 Å². The second-order valence-electron chi connectivity index (χ2n) is 11.4. The molecule has 0 unspecified atom stereocenters. The van der Waals surface area contributed by atoms with Crippen LogP contribution in [-0.2, 0) is 24.8 Å². The molecule has 2 atom stereocenters. The van der Waals surface area contributed by atoms with Gasteiger partial charge >= 0.3 is 0 Å². The Balaban J connectivity index is 1.51. The van der Waals surface area contributed by atoms with Crippen molar-refractivity contribution in [2.75, 3.05) is 18.4 Å². The average molecular weight is 516 g/mol. The summed E-state index contributed by atoms with van der Waals surface area (Å²) in [4.78, 5) is 22.3. The lowest BCUT2D eigenvalue weighted by Crippen LogP contribution is -2.48. The SMILES string of the molecule is Cc1cc2cc(n1)NCCCCc1cccc(c1)C[C@@H]([C@H](O)CNCc1cc(C(C)(C)C)ccn1)NC2=O. The minimum atomic E-state index is -0.787. The summed E-state index contributed by atoms with van der Waals surface area (Å²) in [6, 6.07) is 15.7. The molecule has 0 saturated carbocycles. The Morgan fingerprint density at radius 3 is 2.74 bits per heavy atom. The van der Waals surface area contributed by atoms with E-state index in [9.17, 15) is 9.90 Å². The number of aliphatic hydroxyl groups is 1. The van der Waals surface area contributed by atoms with E-state index in [0.29, 0.717) is 30.9 Å². The van der Waals surface area contributed by atoms with Gasteiger partial charge in [-0.1, -0.05) is 45.0 Å². The van der Waals surface area contributed by atoms with Crippen LogP contribution in [0.1, 0.15) is 72.0 Å². The highest BCUT2D eigenvalue weighted by Crippen LogP contribution is 2.22. The molecule has 0 saturated heterocycles. The highest BCUT2D eigenvalue weighted by atomic mass is 16.3. The number of pyridine rings is 2. The molecule has 1 aliphatic rings. The minimum Gasteiger partial charge on any atom is -0.390 e. The van der Waals surface area contributed by atoms with E-state index in [-0.39, 0.29) is 11.3 Å². The molecule has 0 spiro atoms. The monoisotopic (exact) mass is 515 g/mol. The fourth-order valence-corrected chi connectivity index (χ4v) is 4.79. The third kappa shape index (κ3) is 7.85. The number of aromatic nitrogens is 2. The third-order valence-corrected chi connectivity index (χ3v) is 6.98. The Labute approximate surface area is 226 Å². The van der Waals surface area contributed by atoms with Gasteiger partial charge in [0.1, 0.15) is 5.82 Å². The van der Waals surface area contributed by atoms with Crippen molar-refractivity contribution in [3.05, 3.63) is 88.4 Å². The number of amides is 1. The van der Waals surface area contributed by atoms with Gasteiger partial charge < -0.3 is 21.1 Å². The molecule has 3 heterocycles. The van der Waals surface area contributed by atoms with Gasteiger partial charge in [-0.3, -0.25) is 9.78 Å². The Hall–Kier alpha value is -3.29. The number of benzene rings is 1. The number of anilines is 1. The standard InChI is InChI=1S/C31H41N5O2/c1-21-14-24-17-29(35-21)34-12-6-5-8-22-9-7-10-23(15-22)16-27(36-30(24)38)28(37)20-32-19-26-18-25(11-13-33-26)31(2,3)4/h7,9-11,13-15,17-18,27-28,32,37H,5-6,8,12,16,19-20H2,1-4H3,(H,34,35)(H,36,38)/t27-,28+/m0/s1. The number of aryl methyl sites for hydroxylation is 2. The summed E-state index contributed by atoms with van der Waals surface area (Å²) in [7, 11) is 0. The smallest absolute Gasteiger partial charge is 0.251 e. The molecule has 38 heavy (non-hydrogen) atoms. The number of nitrogens with one attached hydrogen (secondary N) is 3. The van der Waals surface area contributed by atoms with Crippen molar-refractivity contribution < 1.29 is 9.90 Å². The maximum Gasteiger partial charge on any atom is 0.251 e. The van der Waals surface area contributed by atoms with Crippen LogP contribution in [0.15, 0.2) is 54.7 Å². The molecular formula is C31H41N5O2. The van der Waals surface area contributed by atoms with E-state index in [4.69, 9.17) is 0 Å². The van der Waals surface area contributed by atoms with Crippen LogP contribution >= 0.6 is 0 Å². The molecule has 4 rings (SSSR count). The molecule has 3 aromatic rings. The van der Waals surface area contributed by atoms with Crippen molar-refractivity contribution in [3.8, 4) is 0 Å². The molecule has 202 valence electrons. The Bertz CT molecular complexity index is 1240. The number of aliphatic hydroxyl groups excluding tert-OH is 1. The van der Waals surface area contributed by atoms with Crippen LogP contribution in [0.25, 0.3) is 0 Å². The number of hydrogen-bond donors (Lipinski definition) is 4. The maximum atomic E-state index is 13.3. The largest absolute Gasteiger partial charge is 0.390 e. The van der Waals surface area contributed by atoms with Gasteiger partial charge in [0.05, 0.1) is 17.8 Å². The summed E-state index contributed by atoms with van der Waals surface area (Å²) >= 11 is 0. The number of rotatable bonds is 5. The molecule has 0 fully saturated rings. The summed E-state index contributed by atoms with van der Waals surface area (Å²) < 4.78 is 0. The molecule has 1 amide bonds. The summed E-state index contributed by atoms with van der Waals surface area (Å²) in [5.41, 5.74) is 5.88. The topological polar surface area (TPSA) is 99.2 Å². The first-order valence-electron chi connectivity index (χ1n) is 13.6. The maximum absolute atomic E-state index is 13.3. The van der Waals surface area contributed by atoms with Gasteiger partial charge in [-0.25, -0.2) is 4.98 Å². The second-order valence-corrected chi connectivity index (χ2v) is 11.4. The Morgan fingerprint density at radius 2 is 1.92 bits per heavy atom. The molecule has 1 aliphatic heterocycles. The molecule has 1 aromatic carbocycles. The van der Waals surface area contributed by atoms with Gasteiger partial charge in [0.15, 0.2) is 0 Å². The van der Waals surface area contributed by atoms with Crippen LogP contribution in [0.3, 0.4) is 0 Å². The van der Waals surface area contributed by atoms with Gasteiger partial charge in [0, 0.05) is 37.1 Å². The first kappa shape index (κ1) is 27.7. The predicted molar refractivity (Wildman–Crippen MR) is 152 cm³/mol. The van der Waals surface area contributed by atoms with E-state index in [0.717, 1.165) is 42.8 Å². The Morgan fingerprint density at radius 1 is 1.11 bits per heavy atom. The van der Waals surface area contributed by atoms with Crippen molar-refractivity contribution in [2.24, 2.45) is 0 Å².